The van der Waals surface area contributed by atoms with E-state index in [0.29, 0.717) is 0 Å². The van der Waals surface area contributed by atoms with Crippen LogP contribution < -0.4 is 4.74 Å². The van der Waals surface area contributed by atoms with Gasteiger partial charge in [0.15, 0.2) is 0 Å². The summed E-state index contributed by atoms with van der Waals surface area (Å²) < 4.78 is 18.7. The lowest BCUT2D eigenvalue weighted by Crippen LogP contribution is -2.34. The second-order valence-corrected chi connectivity index (χ2v) is 5.32. The van der Waals surface area contributed by atoms with Crippen LogP contribution in [0.15, 0.2) is 18.2 Å². The van der Waals surface area contributed by atoms with Gasteiger partial charge in [0.1, 0.15) is 11.6 Å². The van der Waals surface area contributed by atoms with Gasteiger partial charge in [-0.1, -0.05) is 0 Å². The van der Waals surface area contributed by atoms with E-state index in [4.69, 9.17) is 4.74 Å². The Labute approximate surface area is 119 Å². The van der Waals surface area contributed by atoms with Crippen molar-refractivity contribution >= 4 is 26.5 Å². The monoisotopic (exact) mass is 363 g/mol. The number of methoxy groups -OCH3 is 1. The first-order valence-corrected chi connectivity index (χ1v) is 6.97. The van der Waals surface area contributed by atoms with Crippen molar-refractivity contribution in [2.75, 3.05) is 20.2 Å². The fraction of sp³-hybridized carbons (Fsp3) is 0.462. The highest BCUT2D eigenvalue weighted by atomic mass is 127. The molecule has 0 N–H and O–H groups in total. The van der Waals surface area contributed by atoms with Crippen molar-refractivity contribution in [1.82, 2.24) is 4.90 Å². The van der Waals surface area contributed by atoms with Crippen LogP contribution in [0.2, 0.25) is 0 Å². The third kappa shape index (κ3) is 2.93. The molecule has 1 aliphatic heterocycles. The van der Waals surface area contributed by atoms with Crippen molar-refractivity contribution in [1.29, 1.82) is 0 Å². The summed E-state index contributed by atoms with van der Waals surface area (Å²) in [6.07, 6.45) is 1.71. The van der Waals surface area contributed by atoms with Crippen molar-refractivity contribution in [3.8, 4) is 5.75 Å². The van der Waals surface area contributed by atoms with Gasteiger partial charge in [-0.3, -0.25) is 4.79 Å². The maximum Gasteiger partial charge on any atom is 0.283 e. The zero-order chi connectivity index (χ0) is 13.1. The Balaban J connectivity index is 2.14. The summed E-state index contributed by atoms with van der Waals surface area (Å²) in [6, 6.07) is 4.62. The first-order chi connectivity index (χ1) is 8.61. The first kappa shape index (κ1) is 13.6. The smallest absolute Gasteiger partial charge is 0.283 e. The summed E-state index contributed by atoms with van der Waals surface area (Å²) in [7, 11) is 1.60. The molecule has 0 saturated carbocycles. The number of carbonyl (C=O) groups excluding carboxylic acids is 1. The minimum Gasteiger partial charge on any atom is -0.496 e. The molecule has 1 amide bonds. The Morgan fingerprint density at radius 3 is 2.67 bits per heavy atom. The van der Waals surface area contributed by atoms with Crippen LogP contribution in [0.4, 0.5) is 9.18 Å². The van der Waals surface area contributed by atoms with Gasteiger partial charge >= 0.3 is 0 Å². The van der Waals surface area contributed by atoms with Crippen LogP contribution >= 0.6 is 22.6 Å². The van der Waals surface area contributed by atoms with Crippen LogP contribution in [0, 0.1) is 5.82 Å². The number of rotatable bonds is 2. The molecular weight excluding hydrogens is 348 g/mol. The van der Waals surface area contributed by atoms with Gasteiger partial charge in [-0.2, -0.15) is 0 Å². The lowest BCUT2D eigenvalue weighted by atomic mass is 9.89. The Morgan fingerprint density at radius 2 is 2.11 bits per heavy atom. The minimum atomic E-state index is -0.238. The van der Waals surface area contributed by atoms with Gasteiger partial charge in [-0.05, 0) is 37.0 Å². The van der Waals surface area contributed by atoms with E-state index in [1.165, 1.54) is 6.07 Å². The van der Waals surface area contributed by atoms with E-state index in [1.807, 2.05) is 4.90 Å². The zero-order valence-corrected chi connectivity index (χ0v) is 12.3. The molecule has 0 bridgehead atoms. The molecule has 98 valence electrons. The molecule has 1 heterocycles. The molecule has 0 aromatic heterocycles. The van der Waals surface area contributed by atoms with Crippen LogP contribution in [-0.2, 0) is 0 Å². The van der Waals surface area contributed by atoms with Crippen molar-refractivity contribution in [2.45, 2.75) is 18.8 Å². The largest absolute Gasteiger partial charge is 0.496 e. The average molecular weight is 363 g/mol. The predicted octanol–water partition coefficient (Wildman–Crippen LogP) is 3.57. The summed E-state index contributed by atoms with van der Waals surface area (Å²) in [5.41, 5.74) is 0.915. The fourth-order valence-corrected chi connectivity index (χ4v) is 2.87. The number of nitrogens with zero attached hydrogens (tertiary/aromatic N) is 1. The third-order valence-electron chi connectivity index (χ3n) is 3.38. The number of benzene rings is 1. The van der Waals surface area contributed by atoms with E-state index in [-0.39, 0.29) is 15.6 Å². The van der Waals surface area contributed by atoms with E-state index in [1.54, 1.807) is 41.8 Å². The van der Waals surface area contributed by atoms with Crippen molar-refractivity contribution in [3.63, 3.8) is 0 Å². The van der Waals surface area contributed by atoms with E-state index in [9.17, 15) is 9.18 Å². The highest BCUT2D eigenvalue weighted by molar-refractivity contribution is 14.1. The Morgan fingerprint density at radius 1 is 1.44 bits per heavy atom. The van der Waals surface area contributed by atoms with E-state index >= 15 is 0 Å². The maximum atomic E-state index is 13.3. The Hall–Kier alpha value is -0.850. The Kier molecular flexibility index (Phi) is 4.42. The second kappa shape index (κ2) is 5.86. The number of amides is 1. The van der Waals surface area contributed by atoms with Crippen LogP contribution in [0.25, 0.3) is 0 Å². The number of carbonyl (C=O) groups is 1. The first-order valence-electron chi connectivity index (χ1n) is 5.89. The molecular formula is C13H15FINO2. The number of piperidine rings is 1. The highest BCUT2D eigenvalue weighted by Crippen LogP contribution is 2.34. The summed E-state index contributed by atoms with van der Waals surface area (Å²) in [5, 5.41) is 0. The van der Waals surface area contributed by atoms with Crippen molar-refractivity contribution in [3.05, 3.63) is 29.6 Å². The molecule has 1 fully saturated rings. The lowest BCUT2D eigenvalue weighted by Gasteiger charge is -2.31. The molecule has 2 rings (SSSR count). The second-order valence-electron chi connectivity index (χ2n) is 4.40. The van der Waals surface area contributed by atoms with Crippen LogP contribution in [0.3, 0.4) is 0 Å². The fourth-order valence-electron chi connectivity index (χ4n) is 2.39. The molecule has 3 nitrogen and oxygen atoms in total. The number of halogens is 2. The van der Waals surface area contributed by atoms with Gasteiger partial charge in [0.05, 0.1) is 7.11 Å². The normalized spacial score (nSPS) is 16.7. The molecule has 1 aliphatic rings. The summed E-state index contributed by atoms with van der Waals surface area (Å²) in [4.78, 5) is 13.1. The summed E-state index contributed by atoms with van der Waals surface area (Å²) in [6.45, 7) is 1.46. The molecule has 1 saturated heterocycles. The molecule has 1 aromatic rings. The number of hydrogen-bond acceptors (Lipinski definition) is 2. The molecule has 18 heavy (non-hydrogen) atoms. The Bertz CT molecular complexity index is 445. The van der Waals surface area contributed by atoms with Gasteiger partial charge in [-0.15, -0.1) is 0 Å². The van der Waals surface area contributed by atoms with Gasteiger partial charge < -0.3 is 9.64 Å². The molecule has 0 aliphatic carbocycles. The lowest BCUT2D eigenvalue weighted by molar-refractivity contribution is 0.208. The summed E-state index contributed by atoms with van der Waals surface area (Å²) in [5.74, 6) is 0.761. The van der Waals surface area contributed by atoms with E-state index in [0.717, 1.165) is 37.2 Å². The molecule has 0 radical (unpaired) electrons. The van der Waals surface area contributed by atoms with E-state index < -0.39 is 0 Å². The van der Waals surface area contributed by atoms with Crippen LogP contribution in [0.5, 0.6) is 5.75 Å². The number of likely N-dealkylation sites (tertiary alicyclic amines) is 1. The van der Waals surface area contributed by atoms with Crippen molar-refractivity contribution in [2.24, 2.45) is 0 Å². The number of ether oxygens (including phenoxy) is 1. The van der Waals surface area contributed by atoms with Gasteiger partial charge in [-0.25, -0.2) is 4.39 Å². The highest BCUT2D eigenvalue weighted by Gasteiger charge is 2.24. The zero-order valence-electron chi connectivity index (χ0n) is 10.2. The third-order valence-corrected chi connectivity index (χ3v) is 4.06. The number of hydrogen-bond donors (Lipinski definition) is 0. The molecule has 1 aromatic carbocycles. The van der Waals surface area contributed by atoms with Crippen molar-refractivity contribution < 1.29 is 13.9 Å². The average Bonchev–Trinajstić information content (AvgIpc) is 2.39. The van der Waals surface area contributed by atoms with Crippen LogP contribution in [0.1, 0.15) is 24.3 Å². The molecule has 0 spiro atoms. The maximum absolute atomic E-state index is 13.3. The van der Waals surface area contributed by atoms with Gasteiger partial charge in [0, 0.05) is 41.2 Å². The quantitative estimate of drug-likeness (QED) is 0.457. The predicted molar refractivity (Wildman–Crippen MR) is 75.9 cm³/mol. The molecule has 5 heteroatoms. The SMILES string of the molecule is COc1ccc(F)cc1C1CCN(C(=O)I)CC1. The molecule has 0 unspecified atom stereocenters. The van der Waals surface area contributed by atoms with Crippen LogP contribution in [-0.4, -0.2) is 29.0 Å². The summed E-state index contributed by atoms with van der Waals surface area (Å²) >= 11 is 1.81. The van der Waals surface area contributed by atoms with E-state index in [2.05, 4.69) is 0 Å². The minimum absolute atomic E-state index is 0.0808. The standard InChI is InChI=1S/C13H15FINO2/c1-18-12-3-2-10(14)8-11(12)9-4-6-16(7-5-9)13(15)17/h2-3,8-9H,4-7H2,1H3. The van der Waals surface area contributed by atoms with Gasteiger partial charge in [0.2, 0.25) is 0 Å². The van der Waals surface area contributed by atoms with Gasteiger partial charge in [0.25, 0.3) is 3.91 Å². The molecule has 0 atom stereocenters. The topological polar surface area (TPSA) is 29.5 Å².